The van der Waals surface area contributed by atoms with Gasteiger partial charge in [-0.15, -0.1) is 0 Å². The van der Waals surface area contributed by atoms with E-state index in [1.54, 1.807) is 12.3 Å². The number of nitrogens with one attached hydrogen (secondary N) is 1. The molecule has 0 bridgehead atoms. The minimum atomic E-state index is -0.228. The van der Waals surface area contributed by atoms with Gasteiger partial charge in [-0.1, -0.05) is 13.8 Å². The molecule has 0 aliphatic carbocycles. The predicted molar refractivity (Wildman–Crippen MR) is 83.0 cm³/mol. The second-order valence-electron chi connectivity index (χ2n) is 6.15. The molecule has 0 amide bonds. The third kappa shape index (κ3) is 4.64. The Morgan fingerprint density at radius 1 is 1.52 bits per heavy atom. The maximum atomic E-state index is 14.5. The molecule has 1 saturated heterocycles. The van der Waals surface area contributed by atoms with Gasteiger partial charge >= 0.3 is 0 Å². The first kappa shape index (κ1) is 16.2. The normalized spacial score (nSPS) is 18.4. The smallest absolute Gasteiger partial charge is 0.170 e. The standard InChI is InChI=1S/C16H26FN3O/c1-12(2)9-18-10-13-6-7-19-16(15(13)17)20(3)11-14-5-4-8-21-14/h6-7,12,14,18H,4-5,8-11H2,1-3H3. The molecule has 1 fully saturated rings. The van der Waals surface area contributed by atoms with Gasteiger partial charge in [-0.3, -0.25) is 0 Å². The van der Waals surface area contributed by atoms with Gasteiger partial charge in [-0.05, 0) is 31.4 Å². The van der Waals surface area contributed by atoms with E-state index < -0.39 is 0 Å². The van der Waals surface area contributed by atoms with Crippen LogP contribution in [-0.4, -0.2) is 37.8 Å². The van der Waals surface area contributed by atoms with E-state index in [1.807, 2.05) is 11.9 Å². The second-order valence-corrected chi connectivity index (χ2v) is 6.15. The van der Waals surface area contributed by atoms with Crippen LogP contribution in [0.4, 0.5) is 10.2 Å². The van der Waals surface area contributed by atoms with Crippen LogP contribution in [0.2, 0.25) is 0 Å². The molecule has 0 radical (unpaired) electrons. The molecule has 2 rings (SSSR count). The van der Waals surface area contributed by atoms with Crippen molar-refractivity contribution in [1.82, 2.24) is 10.3 Å². The van der Waals surface area contributed by atoms with Crippen LogP contribution in [0.25, 0.3) is 0 Å². The summed E-state index contributed by atoms with van der Waals surface area (Å²) in [6.07, 6.45) is 4.00. The number of likely N-dealkylation sites (N-methyl/N-ethyl adjacent to an activating group) is 1. The van der Waals surface area contributed by atoms with Gasteiger partial charge in [0.2, 0.25) is 0 Å². The molecule has 21 heavy (non-hydrogen) atoms. The minimum Gasteiger partial charge on any atom is -0.376 e. The molecule has 1 atom stereocenters. The van der Waals surface area contributed by atoms with Crippen LogP contribution in [0.15, 0.2) is 12.3 Å². The maximum Gasteiger partial charge on any atom is 0.170 e. The van der Waals surface area contributed by atoms with E-state index in [2.05, 4.69) is 24.1 Å². The number of nitrogens with zero attached hydrogens (tertiary/aromatic N) is 2. The van der Waals surface area contributed by atoms with Crippen LogP contribution < -0.4 is 10.2 Å². The summed E-state index contributed by atoms with van der Waals surface area (Å²) in [7, 11) is 1.87. The Morgan fingerprint density at radius 3 is 3.00 bits per heavy atom. The number of pyridine rings is 1. The summed E-state index contributed by atoms with van der Waals surface area (Å²) in [5.41, 5.74) is 0.667. The molecule has 1 aliphatic rings. The van der Waals surface area contributed by atoms with E-state index in [-0.39, 0.29) is 11.9 Å². The van der Waals surface area contributed by atoms with E-state index in [0.717, 1.165) is 26.0 Å². The largest absolute Gasteiger partial charge is 0.376 e. The molecule has 0 spiro atoms. The quantitative estimate of drug-likeness (QED) is 0.839. The molecule has 1 aromatic rings. The number of aromatic nitrogens is 1. The Labute approximate surface area is 126 Å². The number of ether oxygens (including phenoxy) is 1. The van der Waals surface area contributed by atoms with Gasteiger partial charge in [-0.2, -0.15) is 0 Å². The van der Waals surface area contributed by atoms with E-state index >= 15 is 0 Å². The maximum absolute atomic E-state index is 14.5. The van der Waals surface area contributed by atoms with Crippen LogP contribution in [0, 0.1) is 11.7 Å². The Morgan fingerprint density at radius 2 is 2.33 bits per heavy atom. The molecule has 1 N–H and O–H groups in total. The average Bonchev–Trinajstić information content (AvgIpc) is 2.93. The van der Waals surface area contributed by atoms with Crippen molar-refractivity contribution < 1.29 is 9.13 Å². The number of rotatable bonds is 7. The average molecular weight is 295 g/mol. The summed E-state index contributed by atoms with van der Waals surface area (Å²) in [6.45, 7) is 7.18. The number of halogens is 1. The Bertz CT molecular complexity index is 447. The molecule has 1 aromatic heterocycles. The molecule has 118 valence electrons. The molecule has 1 unspecified atom stereocenters. The summed E-state index contributed by atoms with van der Waals surface area (Å²) in [6, 6.07) is 1.74. The Balaban J connectivity index is 1.98. The fraction of sp³-hybridized carbons (Fsp3) is 0.688. The van der Waals surface area contributed by atoms with Crippen molar-refractivity contribution in [3.63, 3.8) is 0 Å². The molecule has 0 saturated carbocycles. The highest BCUT2D eigenvalue weighted by molar-refractivity contribution is 5.42. The second kappa shape index (κ2) is 7.71. The van der Waals surface area contributed by atoms with Crippen molar-refractivity contribution in [2.24, 2.45) is 5.92 Å². The molecule has 5 heteroatoms. The summed E-state index contributed by atoms with van der Waals surface area (Å²) < 4.78 is 20.1. The van der Waals surface area contributed by atoms with Gasteiger partial charge in [0.05, 0.1) is 6.10 Å². The van der Waals surface area contributed by atoms with Gasteiger partial charge in [-0.25, -0.2) is 9.37 Å². The van der Waals surface area contributed by atoms with Crippen molar-refractivity contribution in [2.45, 2.75) is 39.3 Å². The van der Waals surface area contributed by atoms with Crippen LogP contribution in [0.3, 0.4) is 0 Å². The lowest BCUT2D eigenvalue weighted by molar-refractivity contribution is 0.116. The molecular formula is C16H26FN3O. The fourth-order valence-electron chi connectivity index (χ4n) is 2.55. The van der Waals surface area contributed by atoms with Gasteiger partial charge in [0.1, 0.15) is 0 Å². The Kier molecular flexibility index (Phi) is 5.94. The molecule has 0 aromatic carbocycles. The minimum absolute atomic E-state index is 0.193. The lowest BCUT2D eigenvalue weighted by atomic mass is 10.2. The van der Waals surface area contributed by atoms with Crippen molar-refractivity contribution >= 4 is 5.82 Å². The molecule has 4 nitrogen and oxygen atoms in total. The number of hydrogen-bond acceptors (Lipinski definition) is 4. The zero-order chi connectivity index (χ0) is 15.2. The third-order valence-corrected chi connectivity index (χ3v) is 3.68. The number of hydrogen-bond donors (Lipinski definition) is 1. The van der Waals surface area contributed by atoms with Gasteiger partial charge < -0.3 is 15.0 Å². The lowest BCUT2D eigenvalue weighted by Gasteiger charge is -2.23. The van der Waals surface area contributed by atoms with Crippen molar-refractivity contribution in [1.29, 1.82) is 0 Å². The molecule has 1 aliphatic heterocycles. The summed E-state index contributed by atoms with van der Waals surface area (Å²) in [4.78, 5) is 6.05. The van der Waals surface area contributed by atoms with Crippen molar-refractivity contribution in [3.05, 3.63) is 23.6 Å². The highest BCUT2D eigenvalue weighted by atomic mass is 19.1. The highest BCUT2D eigenvalue weighted by Gasteiger charge is 2.20. The Hall–Kier alpha value is -1.20. The van der Waals surface area contributed by atoms with E-state index in [4.69, 9.17) is 4.74 Å². The first-order chi connectivity index (χ1) is 10.1. The summed E-state index contributed by atoms with van der Waals surface area (Å²) in [5.74, 6) is 0.736. The highest BCUT2D eigenvalue weighted by Crippen LogP contribution is 2.21. The molecular weight excluding hydrogens is 269 g/mol. The third-order valence-electron chi connectivity index (χ3n) is 3.68. The zero-order valence-electron chi connectivity index (χ0n) is 13.2. The first-order valence-corrected chi connectivity index (χ1v) is 7.74. The van der Waals surface area contributed by atoms with Crippen LogP contribution in [0.1, 0.15) is 32.3 Å². The molecule has 2 heterocycles. The van der Waals surface area contributed by atoms with Crippen molar-refractivity contribution in [3.8, 4) is 0 Å². The zero-order valence-corrected chi connectivity index (χ0v) is 13.2. The van der Waals surface area contributed by atoms with Crippen LogP contribution in [-0.2, 0) is 11.3 Å². The van der Waals surface area contributed by atoms with Gasteiger partial charge in [0, 0.05) is 38.5 Å². The van der Waals surface area contributed by atoms with E-state index in [0.29, 0.717) is 30.4 Å². The SMILES string of the molecule is CC(C)CNCc1ccnc(N(C)CC2CCCO2)c1F. The van der Waals surface area contributed by atoms with Gasteiger partial charge in [0.15, 0.2) is 11.6 Å². The topological polar surface area (TPSA) is 37.4 Å². The van der Waals surface area contributed by atoms with E-state index in [1.165, 1.54) is 0 Å². The van der Waals surface area contributed by atoms with Crippen LogP contribution >= 0.6 is 0 Å². The van der Waals surface area contributed by atoms with Crippen LogP contribution in [0.5, 0.6) is 0 Å². The van der Waals surface area contributed by atoms with Crippen molar-refractivity contribution in [2.75, 3.05) is 31.6 Å². The first-order valence-electron chi connectivity index (χ1n) is 7.74. The summed E-state index contributed by atoms with van der Waals surface area (Å²) in [5, 5.41) is 3.27. The van der Waals surface area contributed by atoms with E-state index in [9.17, 15) is 4.39 Å². The fourth-order valence-corrected chi connectivity index (χ4v) is 2.55. The predicted octanol–water partition coefficient (Wildman–Crippen LogP) is 2.58. The monoisotopic (exact) mass is 295 g/mol. The summed E-state index contributed by atoms with van der Waals surface area (Å²) >= 11 is 0. The lowest BCUT2D eigenvalue weighted by Crippen LogP contribution is -2.30. The number of anilines is 1. The van der Waals surface area contributed by atoms with Gasteiger partial charge in [0.25, 0.3) is 0 Å².